The van der Waals surface area contributed by atoms with Gasteiger partial charge in [-0.25, -0.2) is 0 Å². The predicted octanol–water partition coefficient (Wildman–Crippen LogP) is 1.94. The Balaban J connectivity index is 2.95. The molecule has 1 atom stereocenters. The smallest absolute Gasteiger partial charge is 0.180 e. The largest absolute Gasteiger partial charge is 0.385 e. The zero-order chi connectivity index (χ0) is 17.1. The molecular weight excluding hydrogens is 332 g/mol. The average Bonchev–Trinajstić information content (AvgIpc) is 2.91. The van der Waals surface area contributed by atoms with Gasteiger partial charge in [-0.15, -0.1) is 35.5 Å². The van der Waals surface area contributed by atoms with E-state index in [9.17, 15) is 0 Å². The van der Waals surface area contributed by atoms with Crippen LogP contribution in [-0.2, 0) is 4.74 Å². The van der Waals surface area contributed by atoms with Crippen LogP contribution in [-0.4, -0.2) is 48.6 Å². The molecule has 7 nitrogen and oxygen atoms in total. The summed E-state index contributed by atoms with van der Waals surface area (Å²) in [7, 11) is 1.70. The molecule has 0 heterocycles. The van der Waals surface area contributed by atoms with Gasteiger partial charge < -0.3 is 15.4 Å². The minimum Gasteiger partial charge on any atom is -0.385 e. The molecule has 0 aromatic rings. The van der Waals surface area contributed by atoms with E-state index in [1.54, 1.807) is 7.11 Å². The Morgan fingerprint density at radius 3 is 2.30 bits per heavy atom. The van der Waals surface area contributed by atoms with E-state index in [0.717, 1.165) is 43.8 Å². The third-order valence-corrected chi connectivity index (χ3v) is 3.77. The number of nitrogens with zero attached hydrogens (tertiary/aromatic N) is 4. The normalized spacial score (nSPS) is 22.9. The van der Waals surface area contributed by atoms with Crippen LogP contribution in [0.3, 0.4) is 0 Å². The quantitative estimate of drug-likeness (QED) is 0.243. The highest BCUT2D eigenvalue weighted by Gasteiger charge is 2.29. The molecule has 1 fully saturated rings. The van der Waals surface area contributed by atoms with Gasteiger partial charge in [0.1, 0.15) is 0 Å². The van der Waals surface area contributed by atoms with Crippen LogP contribution in [0.5, 0.6) is 0 Å². The maximum absolute atomic E-state index is 5.17. The number of thiol groups is 2. The summed E-state index contributed by atoms with van der Waals surface area (Å²) in [5.41, 5.74) is 1.70. The third kappa shape index (κ3) is 7.36. The Kier molecular flexibility index (Phi) is 9.97. The molecule has 0 saturated heterocycles. The highest BCUT2D eigenvalue weighted by Crippen LogP contribution is 2.24. The first-order valence-corrected chi connectivity index (χ1v) is 8.66. The fourth-order valence-corrected chi connectivity index (χ4v) is 2.59. The molecule has 0 radical (unpaired) electrons. The highest BCUT2D eigenvalue weighted by molar-refractivity contribution is 7.97. The van der Waals surface area contributed by atoms with Crippen LogP contribution in [0.4, 0.5) is 0 Å². The summed E-state index contributed by atoms with van der Waals surface area (Å²) in [6.07, 6.45) is 2.68. The van der Waals surface area contributed by atoms with Gasteiger partial charge in [0, 0.05) is 32.7 Å². The van der Waals surface area contributed by atoms with Gasteiger partial charge in [0.05, 0.1) is 11.4 Å². The average molecular weight is 359 g/mol. The van der Waals surface area contributed by atoms with Crippen LogP contribution in [0.1, 0.15) is 33.1 Å². The molecule has 2 N–H and O–H groups in total. The number of amidine groups is 2. The van der Waals surface area contributed by atoms with Crippen molar-refractivity contribution in [1.29, 1.82) is 0 Å². The lowest BCUT2D eigenvalue weighted by atomic mass is 10.0. The van der Waals surface area contributed by atoms with E-state index in [2.05, 4.69) is 56.3 Å². The molecule has 0 unspecified atom stereocenters. The van der Waals surface area contributed by atoms with Gasteiger partial charge in [0.15, 0.2) is 10.3 Å². The Bertz CT molecular complexity index is 490. The van der Waals surface area contributed by atoms with E-state index in [1.165, 1.54) is 0 Å². The molecule has 0 bridgehead atoms. The molecule has 23 heavy (non-hydrogen) atoms. The van der Waals surface area contributed by atoms with Crippen molar-refractivity contribution in [3.8, 4) is 0 Å². The van der Waals surface area contributed by atoms with Gasteiger partial charge >= 0.3 is 0 Å². The number of hydrogen-bond acceptors (Lipinski definition) is 5. The summed E-state index contributed by atoms with van der Waals surface area (Å²) in [5.74, 6) is 0.276. The van der Waals surface area contributed by atoms with Crippen molar-refractivity contribution in [3.63, 3.8) is 0 Å². The molecule has 1 aliphatic carbocycles. The van der Waals surface area contributed by atoms with E-state index in [0.29, 0.717) is 16.9 Å². The minimum atomic E-state index is 0.276. The topological polar surface area (TPSA) is 82.7 Å². The lowest BCUT2D eigenvalue weighted by Gasteiger charge is -2.08. The first-order valence-electron chi connectivity index (χ1n) is 7.77. The molecule has 0 aromatic heterocycles. The summed E-state index contributed by atoms with van der Waals surface area (Å²) >= 11 is 8.47. The van der Waals surface area contributed by atoms with Gasteiger partial charge in [0.2, 0.25) is 0 Å². The monoisotopic (exact) mass is 358 g/mol. The lowest BCUT2D eigenvalue weighted by molar-refractivity contribution is 0.186. The number of ether oxygens (including phenoxy) is 1. The van der Waals surface area contributed by atoms with Crippen molar-refractivity contribution in [1.82, 2.24) is 10.6 Å². The molecule has 130 valence electrons. The zero-order valence-corrected chi connectivity index (χ0v) is 15.7. The maximum atomic E-state index is 5.17. The summed E-state index contributed by atoms with van der Waals surface area (Å²) < 4.78 is 5.17. The first kappa shape index (κ1) is 20.0. The van der Waals surface area contributed by atoms with Crippen LogP contribution in [0, 0.1) is 5.92 Å². The third-order valence-electron chi connectivity index (χ3n) is 3.27. The molecule has 1 aliphatic rings. The predicted molar refractivity (Wildman–Crippen MR) is 104 cm³/mol. The van der Waals surface area contributed by atoms with Crippen LogP contribution >= 0.6 is 25.3 Å². The van der Waals surface area contributed by atoms with Gasteiger partial charge in [0.25, 0.3) is 0 Å². The summed E-state index contributed by atoms with van der Waals surface area (Å²) in [6, 6.07) is 0. The van der Waals surface area contributed by atoms with E-state index in [4.69, 9.17) is 4.74 Å². The SMILES string of the molecule is CCN/C(S)=N/N=C1\CC[C@H](CCOC)\C1=N/N=C(\S)NCC. The second-order valence-electron chi connectivity index (χ2n) is 4.96. The summed E-state index contributed by atoms with van der Waals surface area (Å²) in [6.45, 7) is 6.14. The molecule has 0 amide bonds. The van der Waals surface area contributed by atoms with Crippen LogP contribution in [0.2, 0.25) is 0 Å². The standard InChI is InChI=1S/C14H26N6OS2/c1-4-15-13(22)19-17-11-7-6-10(8-9-21-3)12(11)18-20-14(23)16-5-2/h10H,4-9H2,1-3H3,(H2,15,19,22)(H2,16,20,23)/b17-11+,18-12+/t10-/m1/s1. The van der Waals surface area contributed by atoms with Gasteiger partial charge in [-0.2, -0.15) is 10.2 Å². The fourth-order valence-electron chi connectivity index (χ4n) is 2.19. The van der Waals surface area contributed by atoms with Crippen molar-refractivity contribution in [2.45, 2.75) is 33.1 Å². The number of methoxy groups -OCH3 is 1. The van der Waals surface area contributed by atoms with Crippen LogP contribution in [0.25, 0.3) is 0 Å². The highest BCUT2D eigenvalue weighted by atomic mass is 32.1. The van der Waals surface area contributed by atoms with Gasteiger partial charge in [-0.1, -0.05) is 0 Å². The fraction of sp³-hybridized carbons (Fsp3) is 0.714. The van der Waals surface area contributed by atoms with E-state index < -0.39 is 0 Å². The van der Waals surface area contributed by atoms with Crippen molar-refractivity contribution < 1.29 is 4.74 Å². The van der Waals surface area contributed by atoms with Crippen molar-refractivity contribution in [2.75, 3.05) is 26.8 Å². The maximum Gasteiger partial charge on any atom is 0.180 e. The Morgan fingerprint density at radius 2 is 1.74 bits per heavy atom. The first-order chi connectivity index (χ1) is 11.1. The lowest BCUT2D eigenvalue weighted by Crippen LogP contribution is -2.19. The van der Waals surface area contributed by atoms with E-state index in [1.807, 2.05) is 13.8 Å². The van der Waals surface area contributed by atoms with Crippen LogP contribution in [0.15, 0.2) is 20.4 Å². The molecule has 9 heteroatoms. The Morgan fingerprint density at radius 1 is 1.13 bits per heavy atom. The Labute approximate surface area is 149 Å². The number of nitrogens with one attached hydrogen (secondary N) is 2. The second-order valence-corrected chi connectivity index (χ2v) is 5.80. The second kappa shape index (κ2) is 11.5. The van der Waals surface area contributed by atoms with Gasteiger partial charge in [-0.05, 0) is 33.1 Å². The summed E-state index contributed by atoms with van der Waals surface area (Å²) in [4.78, 5) is 0. The minimum absolute atomic E-state index is 0.276. The molecule has 0 aliphatic heterocycles. The van der Waals surface area contributed by atoms with Gasteiger partial charge in [-0.3, -0.25) is 0 Å². The van der Waals surface area contributed by atoms with Crippen molar-refractivity contribution >= 4 is 47.0 Å². The molecule has 0 spiro atoms. The van der Waals surface area contributed by atoms with E-state index >= 15 is 0 Å². The van der Waals surface area contributed by atoms with Crippen molar-refractivity contribution in [3.05, 3.63) is 0 Å². The number of rotatable bonds is 7. The Hall–Kier alpha value is -1.06. The molecule has 1 saturated carbocycles. The zero-order valence-electron chi connectivity index (χ0n) is 13.9. The molecule has 0 aromatic carbocycles. The van der Waals surface area contributed by atoms with Crippen LogP contribution < -0.4 is 10.6 Å². The van der Waals surface area contributed by atoms with Crippen molar-refractivity contribution in [2.24, 2.45) is 26.3 Å². The molecular formula is C14H26N6OS2. The van der Waals surface area contributed by atoms with E-state index in [-0.39, 0.29) is 5.92 Å². The molecule has 1 rings (SSSR count). The number of hydrogen-bond donors (Lipinski definition) is 4. The summed E-state index contributed by atoms with van der Waals surface area (Å²) in [5, 5.41) is 23.8.